The van der Waals surface area contributed by atoms with Crippen molar-refractivity contribution in [2.45, 2.75) is 39.2 Å². The lowest BCUT2D eigenvalue weighted by molar-refractivity contribution is -0.128. The molecule has 3 aliphatic rings. The van der Waals surface area contributed by atoms with Crippen molar-refractivity contribution in [1.29, 1.82) is 0 Å². The SMILES string of the molecule is CC(=O)N1C[C@@H](COCC2CC2)C2(CCN(Cc3cnn(C)c3)CC2)C1. The maximum Gasteiger partial charge on any atom is 0.219 e. The molecule has 0 aromatic carbocycles. The van der Waals surface area contributed by atoms with E-state index in [0.29, 0.717) is 5.92 Å². The number of piperidine rings is 1. The average molecular weight is 361 g/mol. The molecule has 2 saturated heterocycles. The molecule has 0 N–H and O–H groups in total. The van der Waals surface area contributed by atoms with Crippen LogP contribution >= 0.6 is 0 Å². The molecule has 0 unspecified atom stereocenters. The van der Waals surface area contributed by atoms with Gasteiger partial charge in [0.2, 0.25) is 5.91 Å². The highest BCUT2D eigenvalue weighted by molar-refractivity contribution is 5.73. The lowest BCUT2D eigenvalue weighted by Crippen LogP contribution is -2.45. The molecule has 1 amide bonds. The van der Waals surface area contributed by atoms with E-state index < -0.39 is 0 Å². The molecule has 0 bridgehead atoms. The molecule has 1 aliphatic carbocycles. The highest BCUT2D eigenvalue weighted by Gasteiger charge is 2.48. The zero-order valence-corrected chi connectivity index (χ0v) is 16.2. The summed E-state index contributed by atoms with van der Waals surface area (Å²) in [5.41, 5.74) is 1.53. The standard InChI is InChI=1S/C20H32N4O2/c1-16(25)24-12-19(14-26-13-17-3-4-17)20(15-24)5-7-23(8-6-20)11-18-9-21-22(2)10-18/h9-10,17,19H,3-8,11-15H2,1-2H3/t19-/m0/s1. The van der Waals surface area contributed by atoms with E-state index in [9.17, 15) is 4.79 Å². The van der Waals surface area contributed by atoms with E-state index in [4.69, 9.17) is 4.74 Å². The smallest absolute Gasteiger partial charge is 0.219 e. The minimum Gasteiger partial charge on any atom is -0.381 e. The van der Waals surface area contributed by atoms with E-state index in [1.54, 1.807) is 6.92 Å². The van der Waals surface area contributed by atoms with E-state index in [2.05, 4.69) is 21.1 Å². The van der Waals surface area contributed by atoms with Crippen molar-refractivity contribution in [3.05, 3.63) is 18.0 Å². The summed E-state index contributed by atoms with van der Waals surface area (Å²) in [6.45, 7) is 8.41. The third-order valence-electron chi connectivity index (χ3n) is 6.64. The second-order valence-electron chi connectivity index (χ2n) is 8.74. The van der Waals surface area contributed by atoms with Gasteiger partial charge in [0, 0.05) is 57.9 Å². The summed E-state index contributed by atoms with van der Waals surface area (Å²) in [7, 11) is 1.97. The maximum atomic E-state index is 12.0. The van der Waals surface area contributed by atoms with Gasteiger partial charge >= 0.3 is 0 Å². The summed E-state index contributed by atoms with van der Waals surface area (Å²) in [6.07, 6.45) is 9.05. The van der Waals surface area contributed by atoms with Gasteiger partial charge in [-0.2, -0.15) is 5.10 Å². The number of amides is 1. The molecular formula is C20H32N4O2. The number of aromatic nitrogens is 2. The molecule has 1 saturated carbocycles. The molecule has 0 radical (unpaired) electrons. The molecule has 6 heteroatoms. The van der Waals surface area contributed by atoms with Crippen LogP contribution < -0.4 is 0 Å². The number of hydrogen-bond acceptors (Lipinski definition) is 4. The van der Waals surface area contributed by atoms with Gasteiger partial charge in [-0.3, -0.25) is 14.4 Å². The van der Waals surface area contributed by atoms with Gasteiger partial charge in [-0.15, -0.1) is 0 Å². The topological polar surface area (TPSA) is 50.6 Å². The molecule has 1 spiro atoms. The Kier molecular flexibility index (Phi) is 5.06. The van der Waals surface area contributed by atoms with E-state index >= 15 is 0 Å². The van der Waals surface area contributed by atoms with Crippen LogP contribution in [0, 0.1) is 17.3 Å². The first kappa shape index (κ1) is 18.0. The molecule has 1 aromatic heterocycles. The molecule has 6 nitrogen and oxygen atoms in total. The van der Waals surface area contributed by atoms with Crippen LogP contribution in [0.2, 0.25) is 0 Å². The first-order valence-electron chi connectivity index (χ1n) is 10.1. The zero-order chi connectivity index (χ0) is 18.1. The highest BCUT2D eigenvalue weighted by atomic mass is 16.5. The van der Waals surface area contributed by atoms with Crippen molar-refractivity contribution in [2.75, 3.05) is 39.4 Å². The second kappa shape index (κ2) is 7.31. The van der Waals surface area contributed by atoms with Crippen molar-refractivity contribution in [3.63, 3.8) is 0 Å². The van der Waals surface area contributed by atoms with Crippen molar-refractivity contribution >= 4 is 5.91 Å². The molecule has 26 heavy (non-hydrogen) atoms. The Morgan fingerprint density at radius 1 is 1.31 bits per heavy atom. The minimum atomic E-state index is 0.215. The van der Waals surface area contributed by atoms with Gasteiger partial charge in [-0.1, -0.05) is 0 Å². The summed E-state index contributed by atoms with van der Waals surface area (Å²) in [6, 6.07) is 0. The van der Waals surface area contributed by atoms with Crippen LogP contribution in [-0.2, 0) is 23.1 Å². The minimum absolute atomic E-state index is 0.215. The summed E-state index contributed by atoms with van der Waals surface area (Å²) < 4.78 is 7.93. The van der Waals surface area contributed by atoms with Gasteiger partial charge in [0.25, 0.3) is 0 Å². The maximum absolute atomic E-state index is 12.0. The molecular weight excluding hydrogens is 328 g/mol. The monoisotopic (exact) mass is 360 g/mol. The Bertz CT molecular complexity index is 632. The van der Waals surface area contributed by atoms with E-state index in [1.165, 1.54) is 18.4 Å². The fourth-order valence-corrected chi connectivity index (χ4v) is 4.70. The van der Waals surface area contributed by atoms with Crippen LogP contribution in [0.3, 0.4) is 0 Å². The molecule has 144 valence electrons. The lowest BCUT2D eigenvalue weighted by Gasteiger charge is -2.42. The summed E-state index contributed by atoms with van der Waals surface area (Å²) in [5, 5.41) is 4.28. The van der Waals surface area contributed by atoms with Crippen LogP contribution in [0.5, 0.6) is 0 Å². The quantitative estimate of drug-likeness (QED) is 0.778. The second-order valence-corrected chi connectivity index (χ2v) is 8.74. The van der Waals surface area contributed by atoms with Gasteiger partial charge in [0.15, 0.2) is 0 Å². The van der Waals surface area contributed by atoms with Gasteiger partial charge in [-0.05, 0) is 50.1 Å². The normalized spacial score (nSPS) is 25.9. The number of ether oxygens (including phenoxy) is 1. The predicted molar refractivity (Wildman–Crippen MR) is 99.4 cm³/mol. The predicted octanol–water partition coefficient (Wildman–Crippen LogP) is 1.91. The molecule has 1 aromatic rings. The van der Waals surface area contributed by atoms with Gasteiger partial charge < -0.3 is 9.64 Å². The fourth-order valence-electron chi connectivity index (χ4n) is 4.70. The van der Waals surface area contributed by atoms with Gasteiger partial charge in [0.05, 0.1) is 12.8 Å². The summed E-state index contributed by atoms with van der Waals surface area (Å²) in [4.78, 5) is 16.6. The highest BCUT2D eigenvalue weighted by Crippen LogP contribution is 2.45. The Balaban J connectivity index is 1.35. The number of likely N-dealkylation sites (tertiary alicyclic amines) is 2. The Hall–Kier alpha value is -1.40. The molecule has 4 rings (SSSR count). The number of hydrogen-bond donors (Lipinski definition) is 0. The van der Waals surface area contributed by atoms with Crippen molar-refractivity contribution in [1.82, 2.24) is 19.6 Å². The first-order chi connectivity index (χ1) is 12.5. The third kappa shape index (κ3) is 3.96. The molecule has 3 heterocycles. The molecule has 3 fully saturated rings. The number of carbonyl (C=O) groups is 1. The third-order valence-corrected chi connectivity index (χ3v) is 6.64. The van der Waals surface area contributed by atoms with Crippen molar-refractivity contribution in [3.8, 4) is 0 Å². The van der Waals surface area contributed by atoms with Gasteiger partial charge in [0.1, 0.15) is 0 Å². The molecule has 1 atom stereocenters. The Morgan fingerprint density at radius 3 is 2.69 bits per heavy atom. The largest absolute Gasteiger partial charge is 0.381 e. The van der Waals surface area contributed by atoms with E-state index in [0.717, 1.165) is 64.7 Å². The fraction of sp³-hybridized carbons (Fsp3) is 0.800. The lowest BCUT2D eigenvalue weighted by atomic mass is 9.71. The first-order valence-corrected chi connectivity index (χ1v) is 10.1. The van der Waals surface area contributed by atoms with E-state index in [-0.39, 0.29) is 11.3 Å². The average Bonchev–Trinajstić information content (AvgIpc) is 3.25. The number of rotatable bonds is 6. The van der Waals surface area contributed by atoms with Crippen molar-refractivity contribution < 1.29 is 9.53 Å². The van der Waals surface area contributed by atoms with E-state index in [1.807, 2.05) is 17.9 Å². The summed E-state index contributed by atoms with van der Waals surface area (Å²) >= 11 is 0. The Labute approximate surface area is 156 Å². The van der Waals surface area contributed by atoms with Crippen LogP contribution in [0.25, 0.3) is 0 Å². The Morgan fingerprint density at radius 2 is 2.08 bits per heavy atom. The zero-order valence-electron chi connectivity index (χ0n) is 16.2. The summed E-state index contributed by atoms with van der Waals surface area (Å²) in [5.74, 6) is 1.51. The van der Waals surface area contributed by atoms with Gasteiger partial charge in [-0.25, -0.2) is 0 Å². The molecule has 2 aliphatic heterocycles. The van der Waals surface area contributed by atoms with Crippen LogP contribution in [-0.4, -0.2) is 64.9 Å². The van der Waals surface area contributed by atoms with Crippen molar-refractivity contribution in [2.24, 2.45) is 24.3 Å². The van der Waals surface area contributed by atoms with Crippen LogP contribution in [0.15, 0.2) is 12.4 Å². The number of aryl methyl sites for hydroxylation is 1. The number of nitrogens with zero attached hydrogens (tertiary/aromatic N) is 4. The van der Waals surface area contributed by atoms with Crippen LogP contribution in [0.1, 0.15) is 38.2 Å². The number of carbonyl (C=O) groups excluding carboxylic acids is 1. The van der Waals surface area contributed by atoms with Crippen LogP contribution in [0.4, 0.5) is 0 Å².